The number of fused-ring (bicyclic) bond motifs is 1. The molecule has 200 valence electrons. The number of nitrogens with zero attached hydrogens (tertiary/aromatic N) is 5. The van der Waals surface area contributed by atoms with E-state index in [1.165, 1.54) is 0 Å². The second-order valence-corrected chi connectivity index (χ2v) is 10.0. The summed E-state index contributed by atoms with van der Waals surface area (Å²) in [7, 11) is 0. The van der Waals surface area contributed by atoms with Gasteiger partial charge >= 0.3 is 5.97 Å². The summed E-state index contributed by atoms with van der Waals surface area (Å²) in [6.45, 7) is 7.35. The number of carbonyl (C=O) groups is 1. The number of likely N-dealkylation sites (tertiary alicyclic amines) is 1. The van der Waals surface area contributed by atoms with Crippen LogP contribution in [-0.2, 0) is 9.47 Å². The van der Waals surface area contributed by atoms with Crippen LogP contribution in [0.5, 0.6) is 0 Å². The van der Waals surface area contributed by atoms with Gasteiger partial charge in [-0.15, -0.1) is 0 Å². The molecule has 3 aromatic rings. The molecule has 0 saturated carbocycles. The first-order valence-electron chi connectivity index (χ1n) is 13.5. The maximum Gasteiger partial charge on any atom is 0.357 e. The molecule has 9 nitrogen and oxygen atoms in total. The molecule has 0 spiro atoms. The fraction of sp³-hybridized carbons (Fsp3) is 0.367. The highest BCUT2D eigenvalue weighted by molar-refractivity contribution is 5.92. The Morgan fingerprint density at radius 2 is 1.85 bits per heavy atom. The second-order valence-electron chi connectivity index (χ2n) is 10.0. The number of pyridine rings is 1. The van der Waals surface area contributed by atoms with E-state index in [0.717, 1.165) is 67.5 Å². The summed E-state index contributed by atoms with van der Waals surface area (Å²) in [5.41, 5.74) is 9.12. The summed E-state index contributed by atoms with van der Waals surface area (Å²) < 4.78 is 10.9. The Kier molecular flexibility index (Phi) is 7.16. The van der Waals surface area contributed by atoms with Crippen molar-refractivity contribution in [3.05, 3.63) is 71.9 Å². The SMILES string of the molecule is CCOC(=O)c1cc(-c2ccc(N3CCOCC3)cc2)c2c(n1)N(c1ccccc1)NC2C1CN(CC#N)C1. The number of carbonyl (C=O) groups excluding carboxylic acids is 1. The predicted octanol–water partition coefficient (Wildman–Crippen LogP) is 3.91. The molecule has 6 rings (SSSR count). The summed E-state index contributed by atoms with van der Waals surface area (Å²) in [5.74, 6) is 0.571. The molecule has 0 amide bonds. The molecule has 0 bridgehead atoms. The first-order valence-corrected chi connectivity index (χ1v) is 13.5. The van der Waals surface area contributed by atoms with Crippen molar-refractivity contribution in [3.8, 4) is 17.2 Å². The van der Waals surface area contributed by atoms with Gasteiger partial charge in [0.15, 0.2) is 11.5 Å². The fourth-order valence-corrected chi connectivity index (χ4v) is 5.67. The van der Waals surface area contributed by atoms with Crippen LogP contribution >= 0.6 is 0 Å². The zero-order valence-electron chi connectivity index (χ0n) is 22.0. The molecule has 2 fully saturated rings. The van der Waals surface area contributed by atoms with Crippen LogP contribution in [0.1, 0.15) is 29.0 Å². The standard InChI is InChI=1S/C30H32N6O3/c1-2-39-30(37)26-18-25(21-8-10-23(11-9-21)35-14-16-38-17-15-35)27-28(22-19-34(20-22)13-12-31)33-36(29(27)32-26)24-6-4-3-5-7-24/h3-11,18,22,28,33H,2,13-17,19-20H2,1H3. The Balaban J connectivity index is 1.45. The number of para-hydroxylation sites is 1. The van der Waals surface area contributed by atoms with E-state index in [1.54, 1.807) is 6.92 Å². The number of hydrogen-bond donors (Lipinski definition) is 1. The van der Waals surface area contributed by atoms with Crippen LogP contribution < -0.4 is 15.3 Å². The average molecular weight is 525 g/mol. The van der Waals surface area contributed by atoms with Crippen molar-refractivity contribution in [2.75, 3.05) is 62.5 Å². The third-order valence-electron chi connectivity index (χ3n) is 7.63. The smallest absolute Gasteiger partial charge is 0.357 e. The lowest BCUT2D eigenvalue weighted by Gasteiger charge is -2.41. The zero-order valence-corrected chi connectivity index (χ0v) is 22.0. The molecule has 2 aromatic carbocycles. The van der Waals surface area contributed by atoms with E-state index in [0.29, 0.717) is 18.3 Å². The van der Waals surface area contributed by atoms with Crippen LogP contribution in [0.15, 0.2) is 60.7 Å². The van der Waals surface area contributed by atoms with Crippen molar-refractivity contribution in [2.45, 2.75) is 13.0 Å². The molecular formula is C30H32N6O3. The van der Waals surface area contributed by atoms with E-state index in [1.807, 2.05) is 41.4 Å². The van der Waals surface area contributed by atoms with Crippen LogP contribution in [-0.4, -0.2) is 68.4 Å². The highest BCUT2D eigenvalue weighted by Gasteiger charge is 2.43. The number of nitriles is 1. The number of rotatable bonds is 7. The molecule has 39 heavy (non-hydrogen) atoms. The summed E-state index contributed by atoms with van der Waals surface area (Å²) >= 11 is 0. The summed E-state index contributed by atoms with van der Waals surface area (Å²) in [4.78, 5) is 22.3. The van der Waals surface area contributed by atoms with Gasteiger partial charge < -0.3 is 14.4 Å². The molecule has 0 aliphatic carbocycles. The Bertz CT molecular complexity index is 1360. The molecule has 1 atom stereocenters. The van der Waals surface area contributed by atoms with Gasteiger partial charge in [-0.3, -0.25) is 9.91 Å². The van der Waals surface area contributed by atoms with Gasteiger partial charge in [-0.05, 0) is 48.4 Å². The Morgan fingerprint density at radius 3 is 2.54 bits per heavy atom. The lowest BCUT2D eigenvalue weighted by atomic mass is 9.84. The fourth-order valence-electron chi connectivity index (χ4n) is 5.67. The normalized spacial score (nSPS) is 19.3. The highest BCUT2D eigenvalue weighted by atomic mass is 16.5. The van der Waals surface area contributed by atoms with Crippen molar-refractivity contribution in [3.63, 3.8) is 0 Å². The van der Waals surface area contributed by atoms with Gasteiger partial charge in [-0.2, -0.15) is 5.26 Å². The van der Waals surface area contributed by atoms with Gasteiger partial charge in [-0.1, -0.05) is 30.3 Å². The van der Waals surface area contributed by atoms with E-state index in [2.05, 4.69) is 45.6 Å². The maximum absolute atomic E-state index is 13.0. The minimum Gasteiger partial charge on any atom is -0.461 e. The lowest BCUT2D eigenvalue weighted by Crippen LogP contribution is -2.52. The van der Waals surface area contributed by atoms with Crippen LogP contribution in [0.25, 0.3) is 11.1 Å². The summed E-state index contributed by atoms with van der Waals surface area (Å²) in [6.07, 6.45) is 0. The highest BCUT2D eigenvalue weighted by Crippen LogP contribution is 2.47. The van der Waals surface area contributed by atoms with Gasteiger partial charge in [0.25, 0.3) is 0 Å². The molecular weight excluding hydrogens is 492 g/mol. The quantitative estimate of drug-likeness (QED) is 0.365. The van der Waals surface area contributed by atoms with E-state index in [4.69, 9.17) is 19.7 Å². The van der Waals surface area contributed by atoms with E-state index in [9.17, 15) is 4.79 Å². The first kappa shape index (κ1) is 25.3. The predicted molar refractivity (Wildman–Crippen MR) is 149 cm³/mol. The summed E-state index contributed by atoms with van der Waals surface area (Å²) in [5, 5.41) is 11.1. The van der Waals surface area contributed by atoms with Crippen LogP contribution in [0, 0.1) is 17.2 Å². The first-order chi connectivity index (χ1) is 19.2. The van der Waals surface area contributed by atoms with Crippen molar-refractivity contribution in [1.29, 1.82) is 5.26 Å². The Labute approximate surface area is 228 Å². The van der Waals surface area contributed by atoms with Gasteiger partial charge in [0.1, 0.15) is 0 Å². The Morgan fingerprint density at radius 1 is 1.10 bits per heavy atom. The minimum atomic E-state index is -0.438. The number of hydrogen-bond acceptors (Lipinski definition) is 9. The number of ether oxygens (including phenoxy) is 2. The second kappa shape index (κ2) is 11.0. The topological polar surface area (TPSA) is 94.0 Å². The van der Waals surface area contributed by atoms with Gasteiger partial charge in [0.05, 0.1) is 44.2 Å². The minimum absolute atomic E-state index is 0.0205. The van der Waals surface area contributed by atoms with E-state index in [-0.39, 0.29) is 18.3 Å². The summed E-state index contributed by atoms with van der Waals surface area (Å²) in [6, 6.07) is 22.6. The van der Waals surface area contributed by atoms with Crippen molar-refractivity contribution in [2.24, 2.45) is 5.92 Å². The Hall–Kier alpha value is -3.97. The molecule has 3 aliphatic rings. The molecule has 1 N–H and O–H groups in total. The van der Waals surface area contributed by atoms with Gasteiger partial charge in [0, 0.05) is 43.3 Å². The van der Waals surface area contributed by atoms with Crippen molar-refractivity contribution in [1.82, 2.24) is 15.3 Å². The molecule has 2 saturated heterocycles. The molecule has 3 aliphatic heterocycles. The van der Waals surface area contributed by atoms with E-state index < -0.39 is 5.97 Å². The van der Waals surface area contributed by atoms with Gasteiger partial charge in [-0.25, -0.2) is 15.2 Å². The third kappa shape index (κ3) is 4.94. The maximum atomic E-state index is 13.0. The van der Waals surface area contributed by atoms with Crippen molar-refractivity contribution >= 4 is 23.2 Å². The number of nitrogens with one attached hydrogen (secondary N) is 1. The number of anilines is 3. The zero-order chi connectivity index (χ0) is 26.8. The van der Waals surface area contributed by atoms with Crippen LogP contribution in [0.3, 0.4) is 0 Å². The third-order valence-corrected chi connectivity index (χ3v) is 7.63. The van der Waals surface area contributed by atoms with Crippen LogP contribution in [0.2, 0.25) is 0 Å². The van der Waals surface area contributed by atoms with Crippen molar-refractivity contribution < 1.29 is 14.3 Å². The molecule has 4 heterocycles. The number of morpholine rings is 1. The molecule has 1 aromatic heterocycles. The number of hydrazine groups is 1. The largest absolute Gasteiger partial charge is 0.461 e. The van der Waals surface area contributed by atoms with E-state index >= 15 is 0 Å². The molecule has 0 radical (unpaired) electrons. The molecule has 9 heteroatoms. The number of esters is 1. The molecule has 1 unspecified atom stereocenters. The average Bonchev–Trinajstić information content (AvgIpc) is 3.34. The monoisotopic (exact) mass is 524 g/mol. The van der Waals surface area contributed by atoms with Crippen LogP contribution in [0.4, 0.5) is 17.2 Å². The lowest BCUT2D eigenvalue weighted by molar-refractivity contribution is 0.0519. The van der Waals surface area contributed by atoms with Gasteiger partial charge in [0.2, 0.25) is 0 Å². The number of aromatic nitrogens is 1. The number of benzene rings is 2.